The molecule has 2 N–H and O–H groups in total. The van der Waals surface area contributed by atoms with Gasteiger partial charge in [-0.2, -0.15) is 5.10 Å². The van der Waals surface area contributed by atoms with Crippen LogP contribution in [0.25, 0.3) is 0 Å². The van der Waals surface area contributed by atoms with Crippen LogP contribution in [0.4, 0.5) is 0 Å². The summed E-state index contributed by atoms with van der Waals surface area (Å²) in [5, 5.41) is 13.4. The standard InChI is InChI=1S/C16H16N2O3/c1-21-15(12-7-3-2-4-8-12)16(20)18-17-11-13-9-5-6-10-14(13)19/h2-11,15,19H,1H3,(H,18,20)/b17-11-/t15-/m0/s1. The zero-order valence-corrected chi connectivity index (χ0v) is 11.6. The van der Waals surface area contributed by atoms with E-state index in [1.807, 2.05) is 18.2 Å². The van der Waals surface area contributed by atoms with Crippen LogP contribution in [-0.4, -0.2) is 24.3 Å². The Morgan fingerprint density at radius 1 is 1.19 bits per heavy atom. The maximum atomic E-state index is 12.0. The minimum absolute atomic E-state index is 0.0989. The van der Waals surface area contributed by atoms with E-state index < -0.39 is 6.10 Å². The summed E-state index contributed by atoms with van der Waals surface area (Å²) in [6.07, 6.45) is 0.651. The summed E-state index contributed by atoms with van der Waals surface area (Å²) in [6, 6.07) is 15.9. The Labute approximate surface area is 122 Å². The number of nitrogens with one attached hydrogen (secondary N) is 1. The lowest BCUT2D eigenvalue weighted by molar-refractivity contribution is -0.131. The number of ether oxygens (including phenoxy) is 1. The van der Waals surface area contributed by atoms with Crippen molar-refractivity contribution in [2.45, 2.75) is 6.10 Å². The summed E-state index contributed by atoms with van der Waals surface area (Å²) >= 11 is 0. The molecule has 5 heteroatoms. The van der Waals surface area contributed by atoms with Gasteiger partial charge in [0.15, 0.2) is 6.10 Å². The average Bonchev–Trinajstić information content (AvgIpc) is 2.51. The molecule has 0 aliphatic carbocycles. The van der Waals surface area contributed by atoms with Gasteiger partial charge >= 0.3 is 0 Å². The number of carbonyl (C=O) groups is 1. The molecule has 21 heavy (non-hydrogen) atoms. The predicted octanol–water partition coefficient (Wildman–Crippen LogP) is 2.23. The van der Waals surface area contributed by atoms with Gasteiger partial charge in [-0.25, -0.2) is 5.43 Å². The van der Waals surface area contributed by atoms with Crippen molar-refractivity contribution in [2.24, 2.45) is 5.10 Å². The van der Waals surface area contributed by atoms with Crippen molar-refractivity contribution in [3.05, 3.63) is 65.7 Å². The van der Waals surface area contributed by atoms with E-state index in [-0.39, 0.29) is 11.7 Å². The van der Waals surface area contributed by atoms with Gasteiger partial charge in [0, 0.05) is 12.7 Å². The molecule has 1 amide bonds. The molecule has 0 aromatic heterocycles. The van der Waals surface area contributed by atoms with Crippen molar-refractivity contribution in [3.8, 4) is 5.75 Å². The Morgan fingerprint density at radius 3 is 2.52 bits per heavy atom. The molecule has 1 atom stereocenters. The first-order valence-electron chi connectivity index (χ1n) is 6.41. The van der Waals surface area contributed by atoms with Crippen molar-refractivity contribution in [1.29, 1.82) is 0 Å². The van der Waals surface area contributed by atoms with E-state index in [0.29, 0.717) is 5.56 Å². The SMILES string of the molecule is CO[C@H](C(=O)N/N=C\c1ccccc1O)c1ccccc1. The number of rotatable bonds is 5. The normalized spacial score (nSPS) is 12.2. The summed E-state index contributed by atoms with van der Waals surface area (Å²) in [5.74, 6) is -0.280. The molecule has 0 fully saturated rings. The second kappa shape index (κ2) is 7.21. The van der Waals surface area contributed by atoms with Crippen LogP contribution in [0.3, 0.4) is 0 Å². The van der Waals surface area contributed by atoms with Crippen LogP contribution in [0.2, 0.25) is 0 Å². The van der Waals surface area contributed by atoms with Crippen LogP contribution in [0.5, 0.6) is 5.75 Å². The molecule has 0 unspecified atom stereocenters. The number of hydrogen-bond acceptors (Lipinski definition) is 4. The lowest BCUT2D eigenvalue weighted by atomic mass is 10.1. The van der Waals surface area contributed by atoms with Crippen LogP contribution < -0.4 is 5.43 Å². The molecule has 0 saturated heterocycles. The Balaban J connectivity index is 2.02. The first kappa shape index (κ1) is 14.7. The van der Waals surface area contributed by atoms with Gasteiger partial charge < -0.3 is 9.84 Å². The van der Waals surface area contributed by atoms with Gasteiger partial charge in [0.2, 0.25) is 0 Å². The smallest absolute Gasteiger partial charge is 0.273 e. The molecule has 0 saturated carbocycles. The molecule has 0 spiro atoms. The van der Waals surface area contributed by atoms with Gasteiger partial charge in [-0.05, 0) is 17.7 Å². The lowest BCUT2D eigenvalue weighted by Gasteiger charge is -2.13. The van der Waals surface area contributed by atoms with Crippen LogP contribution in [0, 0.1) is 0 Å². The Hall–Kier alpha value is -2.66. The van der Waals surface area contributed by atoms with E-state index in [2.05, 4.69) is 10.5 Å². The number of benzene rings is 2. The Bertz CT molecular complexity index is 626. The number of methoxy groups -OCH3 is 1. The molecule has 0 aliphatic heterocycles. The minimum Gasteiger partial charge on any atom is -0.507 e. The maximum Gasteiger partial charge on any atom is 0.273 e. The fourth-order valence-corrected chi connectivity index (χ4v) is 1.84. The molecule has 2 aromatic rings. The fourth-order valence-electron chi connectivity index (χ4n) is 1.84. The molecular weight excluding hydrogens is 268 g/mol. The molecule has 2 aromatic carbocycles. The van der Waals surface area contributed by atoms with Crippen molar-refractivity contribution >= 4 is 12.1 Å². The molecule has 2 rings (SSSR count). The Kier molecular flexibility index (Phi) is 5.06. The number of phenols is 1. The van der Waals surface area contributed by atoms with E-state index in [1.54, 1.807) is 36.4 Å². The average molecular weight is 284 g/mol. The number of hydrazone groups is 1. The van der Waals surface area contributed by atoms with E-state index in [1.165, 1.54) is 13.3 Å². The number of phenolic OH excluding ortho intramolecular Hbond substituents is 1. The minimum atomic E-state index is -0.729. The number of amides is 1. The fraction of sp³-hybridized carbons (Fsp3) is 0.125. The molecule has 0 bridgehead atoms. The van der Waals surface area contributed by atoms with Gasteiger partial charge in [-0.3, -0.25) is 4.79 Å². The Morgan fingerprint density at radius 2 is 1.86 bits per heavy atom. The second-order valence-electron chi connectivity index (χ2n) is 4.32. The summed E-state index contributed by atoms with van der Waals surface area (Å²) in [5.41, 5.74) is 3.67. The molecular formula is C16H16N2O3. The highest BCUT2D eigenvalue weighted by Gasteiger charge is 2.19. The van der Waals surface area contributed by atoms with E-state index >= 15 is 0 Å². The zero-order valence-electron chi connectivity index (χ0n) is 11.6. The van der Waals surface area contributed by atoms with Crippen molar-refractivity contribution < 1.29 is 14.6 Å². The van der Waals surface area contributed by atoms with E-state index in [9.17, 15) is 9.90 Å². The van der Waals surface area contributed by atoms with Crippen LogP contribution in [0.15, 0.2) is 59.7 Å². The molecule has 0 heterocycles. The van der Waals surface area contributed by atoms with Crippen molar-refractivity contribution in [3.63, 3.8) is 0 Å². The maximum absolute atomic E-state index is 12.0. The number of carbonyl (C=O) groups excluding carboxylic acids is 1. The van der Waals surface area contributed by atoms with E-state index in [0.717, 1.165) is 5.56 Å². The van der Waals surface area contributed by atoms with E-state index in [4.69, 9.17) is 4.74 Å². The lowest BCUT2D eigenvalue weighted by Crippen LogP contribution is -2.26. The van der Waals surface area contributed by atoms with Gasteiger partial charge in [-0.15, -0.1) is 0 Å². The molecule has 0 radical (unpaired) electrons. The molecule has 5 nitrogen and oxygen atoms in total. The highest BCUT2D eigenvalue weighted by molar-refractivity contribution is 5.86. The van der Waals surface area contributed by atoms with Gasteiger partial charge in [0.1, 0.15) is 5.75 Å². The van der Waals surface area contributed by atoms with Gasteiger partial charge in [0.25, 0.3) is 5.91 Å². The third kappa shape index (κ3) is 3.90. The summed E-state index contributed by atoms with van der Waals surface area (Å²) in [4.78, 5) is 12.0. The predicted molar refractivity (Wildman–Crippen MR) is 80.0 cm³/mol. The number of para-hydroxylation sites is 1. The highest BCUT2D eigenvalue weighted by atomic mass is 16.5. The number of nitrogens with zero attached hydrogens (tertiary/aromatic N) is 1. The quantitative estimate of drug-likeness (QED) is 0.653. The monoisotopic (exact) mass is 284 g/mol. The number of hydrogen-bond donors (Lipinski definition) is 2. The first-order valence-corrected chi connectivity index (χ1v) is 6.41. The largest absolute Gasteiger partial charge is 0.507 e. The highest BCUT2D eigenvalue weighted by Crippen LogP contribution is 2.16. The van der Waals surface area contributed by atoms with Crippen LogP contribution in [-0.2, 0) is 9.53 Å². The third-order valence-corrected chi connectivity index (χ3v) is 2.89. The summed E-state index contributed by atoms with van der Waals surface area (Å²) in [6.45, 7) is 0. The van der Waals surface area contributed by atoms with Gasteiger partial charge in [0.05, 0.1) is 6.21 Å². The first-order chi connectivity index (χ1) is 10.2. The topological polar surface area (TPSA) is 70.9 Å². The van der Waals surface area contributed by atoms with Crippen molar-refractivity contribution in [1.82, 2.24) is 5.43 Å². The number of aromatic hydroxyl groups is 1. The van der Waals surface area contributed by atoms with Gasteiger partial charge in [-0.1, -0.05) is 42.5 Å². The van der Waals surface area contributed by atoms with Crippen LogP contribution in [0.1, 0.15) is 17.2 Å². The molecule has 0 aliphatic rings. The van der Waals surface area contributed by atoms with Crippen LogP contribution >= 0.6 is 0 Å². The summed E-state index contributed by atoms with van der Waals surface area (Å²) in [7, 11) is 1.46. The zero-order chi connectivity index (χ0) is 15.1. The third-order valence-electron chi connectivity index (χ3n) is 2.89. The second-order valence-corrected chi connectivity index (χ2v) is 4.32. The molecule has 108 valence electrons. The van der Waals surface area contributed by atoms with Crippen molar-refractivity contribution in [2.75, 3.05) is 7.11 Å². The summed E-state index contributed by atoms with van der Waals surface area (Å²) < 4.78 is 5.19.